The van der Waals surface area contributed by atoms with Crippen molar-refractivity contribution in [2.45, 2.75) is 71.3 Å². The average Bonchev–Trinajstić information content (AvgIpc) is 3.29. The molecule has 5 aromatic rings. The SMILES string of the molecule is CC(C)(C)c1cc(C(=O)C(OC(=O)C(F)(F)F)n2c(=N)n(Cc3ccc(-c4ccccc4)cc3)c3ccccc32)cc(C(C)(C)C)c1O. The van der Waals surface area contributed by atoms with Gasteiger partial charge >= 0.3 is 12.1 Å². The minimum Gasteiger partial charge on any atom is -0.507 e. The number of carbonyl (C=O) groups is 2. The highest BCUT2D eigenvalue weighted by Gasteiger charge is 2.45. The van der Waals surface area contributed by atoms with Crippen LogP contribution in [0.5, 0.6) is 5.75 Å². The van der Waals surface area contributed by atoms with Gasteiger partial charge in [-0.3, -0.25) is 14.8 Å². The lowest BCUT2D eigenvalue weighted by Gasteiger charge is -2.28. The number of benzene rings is 4. The van der Waals surface area contributed by atoms with Gasteiger partial charge in [-0.05, 0) is 51.8 Å². The molecule has 48 heavy (non-hydrogen) atoms. The van der Waals surface area contributed by atoms with Crippen LogP contribution in [0.15, 0.2) is 91.0 Å². The van der Waals surface area contributed by atoms with Crippen LogP contribution >= 0.6 is 0 Å². The fourth-order valence-electron chi connectivity index (χ4n) is 5.72. The van der Waals surface area contributed by atoms with Crippen LogP contribution < -0.4 is 5.62 Å². The van der Waals surface area contributed by atoms with Crippen molar-refractivity contribution in [3.8, 4) is 16.9 Å². The van der Waals surface area contributed by atoms with Crippen LogP contribution in [-0.4, -0.2) is 32.2 Å². The van der Waals surface area contributed by atoms with Crippen LogP contribution in [0.1, 0.15) is 74.8 Å². The van der Waals surface area contributed by atoms with E-state index in [1.165, 1.54) is 12.1 Å². The number of aromatic nitrogens is 2. The molecule has 0 bridgehead atoms. The second-order valence-electron chi connectivity index (χ2n) is 13.9. The molecule has 0 aliphatic rings. The summed E-state index contributed by atoms with van der Waals surface area (Å²) in [6.07, 6.45) is -7.58. The van der Waals surface area contributed by atoms with Crippen molar-refractivity contribution in [2.24, 2.45) is 0 Å². The van der Waals surface area contributed by atoms with Crippen LogP contribution in [0.4, 0.5) is 13.2 Å². The van der Waals surface area contributed by atoms with E-state index in [9.17, 15) is 27.9 Å². The third-order valence-corrected chi connectivity index (χ3v) is 8.24. The summed E-state index contributed by atoms with van der Waals surface area (Å²) in [5.74, 6) is -3.57. The normalized spacial score (nSPS) is 13.0. The summed E-state index contributed by atoms with van der Waals surface area (Å²) in [7, 11) is 0. The zero-order chi connectivity index (χ0) is 35.2. The van der Waals surface area contributed by atoms with Gasteiger partial charge in [0, 0.05) is 16.7 Å². The molecule has 10 heteroatoms. The lowest BCUT2D eigenvalue weighted by atomic mass is 9.78. The number of hydrogen-bond acceptors (Lipinski definition) is 5. The summed E-state index contributed by atoms with van der Waals surface area (Å²) in [5.41, 5.74) is 2.57. The van der Waals surface area contributed by atoms with Gasteiger partial charge in [0.1, 0.15) is 5.75 Å². The lowest BCUT2D eigenvalue weighted by Crippen LogP contribution is -2.38. The molecule has 0 saturated carbocycles. The Morgan fingerprint density at radius 3 is 1.79 bits per heavy atom. The fraction of sp³-hybridized carbons (Fsp3) is 0.289. The quantitative estimate of drug-likeness (QED) is 0.136. The number of carbonyl (C=O) groups excluding carboxylic acids is 2. The maximum atomic E-state index is 14.4. The molecule has 0 amide bonds. The topological polar surface area (TPSA) is 97.3 Å². The number of alkyl halides is 3. The minimum atomic E-state index is -5.40. The number of fused-ring (bicyclic) bond motifs is 1. The Balaban J connectivity index is 1.67. The average molecular weight is 658 g/mol. The third-order valence-electron chi connectivity index (χ3n) is 8.24. The number of aromatic hydroxyl groups is 1. The minimum absolute atomic E-state index is 0.0286. The highest BCUT2D eigenvalue weighted by Crippen LogP contribution is 2.41. The summed E-state index contributed by atoms with van der Waals surface area (Å²) in [5, 5.41) is 20.4. The number of ketones is 1. The molecule has 0 saturated heterocycles. The first-order valence-electron chi connectivity index (χ1n) is 15.5. The first kappa shape index (κ1) is 34.2. The number of halogens is 3. The van der Waals surface area contributed by atoms with E-state index in [4.69, 9.17) is 10.1 Å². The molecule has 1 atom stereocenters. The van der Waals surface area contributed by atoms with E-state index >= 15 is 0 Å². The largest absolute Gasteiger partial charge is 0.507 e. The summed E-state index contributed by atoms with van der Waals surface area (Å²) < 4.78 is 48.5. The maximum Gasteiger partial charge on any atom is 0.491 e. The second-order valence-corrected chi connectivity index (χ2v) is 13.9. The molecule has 4 aromatic carbocycles. The second kappa shape index (κ2) is 12.5. The van der Waals surface area contributed by atoms with Crippen LogP contribution in [0.2, 0.25) is 0 Å². The van der Waals surface area contributed by atoms with Gasteiger partial charge in [0.2, 0.25) is 17.6 Å². The van der Waals surface area contributed by atoms with Gasteiger partial charge < -0.3 is 14.4 Å². The molecule has 0 aliphatic heterocycles. The predicted octanol–water partition coefficient (Wildman–Crippen LogP) is 8.43. The molecule has 0 spiro atoms. The number of nitrogens with one attached hydrogen (secondary N) is 1. The number of para-hydroxylation sites is 2. The zero-order valence-corrected chi connectivity index (χ0v) is 27.6. The van der Waals surface area contributed by atoms with Crippen LogP contribution in [0.25, 0.3) is 22.2 Å². The van der Waals surface area contributed by atoms with E-state index < -0.39 is 35.0 Å². The Hall–Kier alpha value is -5.12. The lowest BCUT2D eigenvalue weighted by molar-refractivity contribution is -0.206. The standard InChI is InChI=1S/C38H38F3N3O4/c1-36(2,3)27-20-26(21-28(32(27)46)37(4,5)6)31(45)33(48-34(47)38(39,40)41)44-30-15-11-10-14-29(30)43(35(44)42)22-23-16-18-25(19-17-23)24-12-8-7-9-13-24/h7-21,33,42,46H,22H2,1-6H3. The van der Waals surface area contributed by atoms with E-state index in [-0.39, 0.29) is 29.0 Å². The smallest absolute Gasteiger partial charge is 0.491 e. The van der Waals surface area contributed by atoms with Crippen molar-refractivity contribution >= 4 is 22.8 Å². The summed E-state index contributed by atoms with van der Waals surface area (Å²) >= 11 is 0. The van der Waals surface area contributed by atoms with E-state index in [0.29, 0.717) is 16.6 Å². The number of phenolic OH excluding ortho intramolecular Hbond substituents is 1. The van der Waals surface area contributed by atoms with Gasteiger partial charge in [-0.25, -0.2) is 4.79 Å². The molecule has 5 rings (SSSR count). The molecule has 0 radical (unpaired) electrons. The number of Topliss-reactive ketones (excluding diaryl/α,β-unsaturated/α-hetero) is 1. The Labute approximate surface area is 276 Å². The number of rotatable bonds is 7. The van der Waals surface area contributed by atoms with Crippen molar-refractivity contribution in [3.63, 3.8) is 0 Å². The van der Waals surface area contributed by atoms with Crippen molar-refractivity contribution in [3.05, 3.63) is 119 Å². The molecule has 1 heterocycles. The van der Waals surface area contributed by atoms with Gasteiger partial charge in [0.05, 0.1) is 17.6 Å². The molecular formula is C38H38F3N3O4. The fourth-order valence-corrected chi connectivity index (χ4v) is 5.72. The first-order valence-corrected chi connectivity index (χ1v) is 15.5. The van der Waals surface area contributed by atoms with Crippen LogP contribution in [-0.2, 0) is 26.9 Å². The Bertz CT molecular complexity index is 2010. The first-order chi connectivity index (χ1) is 22.4. The molecule has 250 valence electrons. The van der Waals surface area contributed by atoms with Gasteiger partial charge in [-0.15, -0.1) is 0 Å². The molecule has 0 fully saturated rings. The molecule has 1 aromatic heterocycles. The van der Waals surface area contributed by atoms with Gasteiger partial charge in [-0.2, -0.15) is 13.2 Å². The summed E-state index contributed by atoms with van der Waals surface area (Å²) in [6.45, 7) is 11.2. The molecular weight excluding hydrogens is 619 g/mol. The Kier molecular flexibility index (Phi) is 8.90. The van der Waals surface area contributed by atoms with E-state index in [2.05, 4.69) is 0 Å². The monoisotopic (exact) mass is 657 g/mol. The highest BCUT2D eigenvalue weighted by molar-refractivity contribution is 6.01. The number of hydrogen-bond donors (Lipinski definition) is 2. The van der Waals surface area contributed by atoms with E-state index in [1.54, 1.807) is 28.8 Å². The number of nitrogens with zero attached hydrogens (tertiary/aromatic N) is 2. The number of imidazole rings is 1. The Morgan fingerprint density at radius 2 is 1.27 bits per heavy atom. The van der Waals surface area contributed by atoms with Crippen molar-refractivity contribution in [2.75, 3.05) is 0 Å². The van der Waals surface area contributed by atoms with E-state index in [1.807, 2.05) is 96.1 Å². The molecule has 0 aliphatic carbocycles. The maximum absolute atomic E-state index is 14.4. The predicted molar refractivity (Wildman–Crippen MR) is 178 cm³/mol. The molecule has 7 nitrogen and oxygen atoms in total. The molecule has 1 unspecified atom stereocenters. The van der Waals surface area contributed by atoms with Crippen molar-refractivity contribution < 1.29 is 32.6 Å². The van der Waals surface area contributed by atoms with Crippen molar-refractivity contribution in [1.29, 1.82) is 5.41 Å². The molecule has 2 N–H and O–H groups in total. The summed E-state index contributed by atoms with van der Waals surface area (Å²) in [4.78, 5) is 26.7. The number of ether oxygens (including phenoxy) is 1. The number of phenols is 1. The van der Waals surface area contributed by atoms with Gasteiger partial charge in [-0.1, -0.05) is 108 Å². The van der Waals surface area contributed by atoms with Crippen LogP contribution in [0, 0.1) is 5.41 Å². The number of esters is 1. The summed E-state index contributed by atoms with van der Waals surface area (Å²) in [6, 6.07) is 26.9. The Morgan fingerprint density at radius 1 is 0.771 bits per heavy atom. The third kappa shape index (κ3) is 6.79. The highest BCUT2D eigenvalue weighted by atomic mass is 19.4. The van der Waals surface area contributed by atoms with Gasteiger partial charge in [0.25, 0.3) is 0 Å². The van der Waals surface area contributed by atoms with Crippen LogP contribution in [0.3, 0.4) is 0 Å². The zero-order valence-electron chi connectivity index (χ0n) is 27.6. The van der Waals surface area contributed by atoms with E-state index in [0.717, 1.165) is 21.3 Å². The van der Waals surface area contributed by atoms with Crippen molar-refractivity contribution in [1.82, 2.24) is 9.13 Å². The van der Waals surface area contributed by atoms with Gasteiger partial charge in [0.15, 0.2) is 0 Å².